The van der Waals surface area contributed by atoms with Crippen LogP contribution in [-0.4, -0.2) is 45.6 Å². The van der Waals surface area contributed by atoms with E-state index in [1.807, 2.05) is 12.1 Å². The van der Waals surface area contributed by atoms with Crippen LogP contribution in [-0.2, 0) is 11.2 Å². The number of hydrogen-bond donors (Lipinski definition) is 1. The van der Waals surface area contributed by atoms with Gasteiger partial charge >= 0.3 is 0 Å². The van der Waals surface area contributed by atoms with Gasteiger partial charge in [-0.05, 0) is 75.1 Å². The molecule has 1 aliphatic carbocycles. The van der Waals surface area contributed by atoms with E-state index in [-0.39, 0.29) is 11.8 Å². The largest absolute Gasteiger partial charge is 0.421 e. The highest BCUT2D eigenvalue weighted by Gasteiger charge is 2.34. The average Bonchev–Trinajstić information content (AvgIpc) is 3.25. The van der Waals surface area contributed by atoms with Crippen molar-refractivity contribution in [2.45, 2.75) is 46.5 Å². The van der Waals surface area contributed by atoms with Crippen LogP contribution in [0.1, 0.15) is 45.9 Å². The molecule has 4 rings (SSSR count). The molecule has 0 saturated carbocycles. The van der Waals surface area contributed by atoms with Crippen molar-refractivity contribution >= 4 is 5.91 Å². The number of primary amides is 1. The summed E-state index contributed by atoms with van der Waals surface area (Å²) < 4.78 is 5.97. The fourth-order valence-corrected chi connectivity index (χ4v) is 5.34. The number of amides is 1. The van der Waals surface area contributed by atoms with E-state index >= 15 is 0 Å². The third-order valence-corrected chi connectivity index (χ3v) is 7.36. The zero-order valence-electron chi connectivity index (χ0n) is 19.4. The zero-order valence-corrected chi connectivity index (χ0v) is 19.4. The van der Waals surface area contributed by atoms with Gasteiger partial charge in [0.2, 0.25) is 17.7 Å². The van der Waals surface area contributed by atoms with E-state index in [9.17, 15) is 4.79 Å². The van der Waals surface area contributed by atoms with Gasteiger partial charge in [0, 0.05) is 36.8 Å². The zero-order chi connectivity index (χ0) is 22.7. The van der Waals surface area contributed by atoms with Crippen LogP contribution in [0.4, 0.5) is 0 Å². The molecule has 32 heavy (non-hydrogen) atoms. The minimum atomic E-state index is -0.144. The molecule has 7 heteroatoms. The first kappa shape index (κ1) is 22.6. The van der Waals surface area contributed by atoms with Gasteiger partial charge in [-0.3, -0.25) is 9.78 Å². The molecule has 0 bridgehead atoms. The van der Waals surface area contributed by atoms with Gasteiger partial charge in [0.05, 0.1) is 0 Å². The molecule has 172 valence electrons. The number of rotatable bonds is 7. The van der Waals surface area contributed by atoms with Crippen LogP contribution in [0.15, 0.2) is 40.6 Å². The normalized spacial score (nSPS) is 25.1. The first-order valence-corrected chi connectivity index (χ1v) is 11.8. The van der Waals surface area contributed by atoms with Crippen molar-refractivity contribution in [3.05, 3.63) is 42.1 Å². The molecular weight excluding hydrogens is 402 g/mol. The fraction of sp³-hybridized carbons (Fsp3) is 0.600. The van der Waals surface area contributed by atoms with Gasteiger partial charge in [0.15, 0.2) is 0 Å². The smallest absolute Gasteiger partial charge is 0.247 e. The predicted molar refractivity (Wildman–Crippen MR) is 123 cm³/mol. The van der Waals surface area contributed by atoms with E-state index < -0.39 is 0 Å². The van der Waals surface area contributed by atoms with Gasteiger partial charge in [-0.25, -0.2) is 0 Å². The van der Waals surface area contributed by atoms with Crippen LogP contribution in [0.2, 0.25) is 0 Å². The van der Waals surface area contributed by atoms with Gasteiger partial charge < -0.3 is 15.1 Å². The van der Waals surface area contributed by atoms with Crippen molar-refractivity contribution in [2.24, 2.45) is 35.3 Å². The molecule has 1 aliphatic heterocycles. The molecule has 3 unspecified atom stereocenters. The maximum absolute atomic E-state index is 11.5. The van der Waals surface area contributed by atoms with Crippen LogP contribution < -0.4 is 5.73 Å². The van der Waals surface area contributed by atoms with Crippen molar-refractivity contribution < 1.29 is 9.21 Å². The average molecular weight is 438 g/mol. The predicted octanol–water partition coefficient (Wildman–Crippen LogP) is 3.73. The molecule has 1 fully saturated rings. The summed E-state index contributed by atoms with van der Waals surface area (Å²) in [4.78, 5) is 18.0. The summed E-state index contributed by atoms with van der Waals surface area (Å²) in [5.41, 5.74) is 7.82. The van der Waals surface area contributed by atoms with Gasteiger partial charge in [0.25, 0.3) is 0 Å². The third-order valence-electron chi connectivity index (χ3n) is 7.36. The molecule has 2 aromatic heterocycles. The summed E-state index contributed by atoms with van der Waals surface area (Å²) in [6.45, 7) is 9.89. The lowest BCUT2D eigenvalue weighted by atomic mass is 9.69. The summed E-state index contributed by atoms with van der Waals surface area (Å²) in [6.07, 6.45) is 9.64. The number of carbonyl (C=O) groups is 1. The molecule has 2 N–H and O–H groups in total. The van der Waals surface area contributed by atoms with E-state index in [1.165, 1.54) is 5.57 Å². The second-order valence-corrected chi connectivity index (χ2v) is 9.83. The van der Waals surface area contributed by atoms with Crippen LogP contribution >= 0.6 is 0 Å². The topological polar surface area (TPSA) is 98.1 Å². The van der Waals surface area contributed by atoms with Crippen molar-refractivity contribution in [3.8, 4) is 11.5 Å². The molecule has 7 nitrogen and oxygen atoms in total. The molecule has 1 saturated heterocycles. The number of likely N-dealkylation sites (tertiary alicyclic amines) is 1. The Hall–Kier alpha value is -2.54. The molecule has 2 aliphatic rings. The SMILES string of the molecule is CC1=CC(CN2CCC(C(N)=O)CC2)C(C(C)C)CC1Cc1nnc(-c2ccncc2)o1. The van der Waals surface area contributed by atoms with Crippen LogP contribution in [0.5, 0.6) is 0 Å². The number of allylic oxidation sites excluding steroid dienone is 1. The summed E-state index contributed by atoms with van der Waals surface area (Å²) in [5.74, 6) is 3.32. The quantitative estimate of drug-likeness (QED) is 0.663. The Balaban J connectivity index is 1.41. The van der Waals surface area contributed by atoms with Crippen LogP contribution in [0, 0.1) is 29.6 Å². The maximum atomic E-state index is 11.5. The number of pyridine rings is 1. The van der Waals surface area contributed by atoms with Crippen molar-refractivity contribution in [1.82, 2.24) is 20.1 Å². The summed E-state index contributed by atoms with van der Waals surface area (Å²) in [7, 11) is 0. The first-order valence-electron chi connectivity index (χ1n) is 11.8. The van der Waals surface area contributed by atoms with Gasteiger partial charge in [-0.15, -0.1) is 10.2 Å². The molecule has 2 aromatic rings. The number of hydrogen-bond acceptors (Lipinski definition) is 6. The van der Waals surface area contributed by atoms with E-state index in [2.05, 4.69) is 46.9 Å². The number of nitrogens with two attached hydrogens (primary N) is 1. The Morgan fingerprint density at radius 1 is 1.22 bits per heavy atom. The van der Waals surface area contributed by atoms with E-state index in [0.29, 0.717) is 35.5 Å². The Morgan fingerprint density at radius 3 is 2.59 bits per heavy atom. The van der Waals surface area contributed by atoms with Crippen molar-refractivity contribution in [3.63, 3.8) is 0 Å². The molecular formula is C25H35N5O2. The lowest BCUT2D eigenvalue weighted by Crippen LogP contribution is -2.43. The molecule has 0 aromatic carbocycles. The maximum Gasteiger partial charge on any atom is 0.247 e. The lowest BCUT2D eigenvalue weighted by Gasteiger charge is -2.40. The molecule has 0 spiro atoms. The monoisotopic (exact) mass is 437 g/mol. The van der Waals surface area contributed by atoms with Crippen LogP contribution in [0.3, 0.4) is 0 Å². The van der Waals surface area contributed by atoms with Crippen molar-refractivity contribution in [2.75, 3.05) is 19.6 Å². The molecule has 3 heterocycles. The van der Waals surface area contributed by atoms with Crippen LogP contribution in [0.25, 0.3) is 11.5 Å². The molecule has 1 amide bonds. The number of aromatic nitrogens is 3. The highest BCUT2D eigenvalue weighted by atomic mass is 16.4. The minimum Gasteiger partial charge on any atom is -0.421 e. The highest BCUT2D eigenvalue weighted by molar-refractivity contribution is 5.76. The number of piperidine rings is 1. The van der Waals surface area contributed by atoms with Gasteiger partial charge in [0.1, 0.15) is 0 Å². The summed E-state index contributed by atoms with van der Waals surface area (Å²) in [5, 5.41) is 8.55. The molecule has 0 radical (unpaired) electrons. The second kappa shape index (κ2) is 9.94. The van der Waals surface area contributed by atoms with E-state index in [1.54, 1.807) is 12.4 Å². The first-order chi connectivity index (χ1) is 15.4. The Kier molecular flexibility index (Phi) is 7.04. The number of nitrogens with zero attached hydrogens (tertiary/aromatic N) is 4. The number of carbonyl (C=O) groups excluding carboxylic acids is 1. The summed E-state index contributed by atoms with van der Waals surface area (Å²) >= 11 is 0. The minimum absolute atomic E-state index is 0.0478. The molecule has 3 atom stereocenters. The van der Waals surface area contributed by atoms with E-state index in [4.69, 9.17) is 10.2 Å². The highest BCUT2D eigenvalue weighted by Crippen LogP contribution is 2.39. The van der Waals surface area contributed by atoms with E-state index in [0.717, 1.165) is 50.9 Å². The Morgan fingerprint density at radius 2 is 1.94 bits per heavy atom. The Bertz CT molecular complexity index is 931. The second-order valence-electron chi connectivity index (χ2n) is 9.83. The van der Waals surface area contributed by atoms with Crippen molar-refractivity contribution in [1.29, 1.82) is 0 Å². The van der Waals surface area contributed by atoms with Gasteiger partial charge in [-0.1, -0.05) is 25.5 Å². The fourth-order valence-electron chi connectivity index (χ4n) is 5.34. The lowest BCUT2D eigenvalue weighted by molar-refractivity contribution is -0.123. The Labute approximate surface area is 190 Å². The third kappa shape index (κ3) is 5.26. The standard InChI is InChI=1S/C25H35N5O2/c1-16(2)22-13-20(14-23-28-29-25(32-23)19-4-8-27-9-5-19)17(3)12-21(22)15-30-10-6-18(7-11-30)24(26)31/h4-5,8-9,12,16,18,20-22H,6-7,10-11,13-15H2,1-3H3,(H2,26,31). The van der Waals surface area contributed by atoms with Gasteiger partial charge in [-0.2, -0.15) is 0 Å². The summed E-state index contributed by atoms with van der Waals surface area (Å²) in [6, 6.07) is 3.77.